The van der Waals surface area contributed by atoms with Crippen molar-refractivity contribution >= 4 is 6.09 Å². The summed E-state index contributed by atoms with van der Waals surface area (Å²) in [7, 11) is 0. The van der Waals surface area contributed by atoms with Crippen molar-refractivity contribution in [2.24, 2.45) is 0 Å². The highest BCUT2D eigenvalue weighted by Gasteiger charge is 2.35. The van der Waals surface area contributed by atoms with Gasteiger partial charge in [-0.05, 0) is 38.8 Å². The second-order valence-corrected chi connectivity index (χ2v) is 8.56. The molecule has 5 nitrogen and oxygen atoms in total. The minimum atomic E-state index is -0.549. The van der Waals surface area contributed by atoms with Crippen molar-refractivity contribution in [2.45, 2.75) is 52.3 Å². The number of aryl methyl sites for hydroxylation is 1. The van der Waals surface area contributed by atoms with Crippen molar-refractivity contribution in [3.63, 3.8) is 0 Å². The number of rotatable bonds is 2. The molecule has 0 bridgehead atoms. The zero-order chi connectivity index (χ0) is 20.6. The molecule has 0 spiro atoms. The Morgan fingerprint density at radius 1 is 1.07 bits per heavy atom. The average Bonchev–Trinajstić information content (AvgIpc) is 3.08. The van der Waals surface area contributed by atoms with Crippen LogP contribution in [0.5, 0.6) is 0 Å². The maximum Gasteiger partial charge on any atom is 0.411 e. The zero-order valence-corrected chi connectivity index (χ0v) is 17.4. The number of aromatic nitrogens is 2. The fourth-order valence-corrected chi connectivity index (χ4v) is 3.80. The minimum absolute atomic E-state index is 0.198. The summed E-state index contributed by atoms with van der Waals surface area (Å²) in [5.74, 6) is 0.793. The van der Waals surface area contributed by atoms with Crippen LogP contribution in [0.1, 0.15) is 49.5 Å². The number of carbonyl (C=O) groups is 1. The molecule has 2 aromatic carbocycles. The molecule has 0 radical (unpaired) electrons. The smallest absolute Gasteiger partial charge is 0.411 e. The number of nitrogens with one attached hydrogen (secondary N) is 1. The number of imidazole rings is 1. The lowest BCUT2D eigenvalue weighted by Crippen LogP contribution is -2.42. The zero-order valence-electron chi connectivity index (χ0n) is 17.4. The summed E-state index contributed by atoms with van der Waals surface area (Å²) in [6.07, 6.45) is 0.392. The first-order chi connectivity index (χ1) is 13.8. The summed E-state index contributed by atoms with van der Waals surface area (Å²) < 4.78 is 5.71. The van der Waals surface area contributed by atoms with Crippen LogP contribution >= 0.6 is 0 Å². The predicted molar refractivity (Wildman–Crippen MR) is 113 cm³/mol. The van der Waals surface area contributed by atoms with Gasteiger partial charge in [0.1, 0.15) is 11.4 Å². The van der Waals surface area contributed by atoms with Crippen LogP contribution in [0.4, 0.5) is 4.79 Å². The number of nitrogens with zero attached hydrogens (tertiary/aromatic N) is 2. The van der Waals surface area contributed by atoms with Gasteiger partial charge >= 0.3 is 6.09 Å². The molecule has 1 unspecified atom stereocenters. The van der Waals surface area contributed by atoms with Crippen LogP contribution in [0.15, 0.2) is 54.6 Å². The van der Waals surface area contributed by atoms with E-state index in [-0.39, 0.29) is 12.1 Å². The van der Waals surface area contributed by atoms with Crippen LogP contribution in [-0.2, 0) is 17.7 Å². The molecular formula is C24H27N3O2. The molecule has 2 heterocycles. The lowest BCUT2D eigenvalue weighted by molar-refractivity contribution is 0.0107. The lowest BCUT2D eigenvalue weighted by Gasteiger charge is -2.36. The molecule has 1 N–H and O–H groups in total. The molecule has 3 aromatic rings. The first-order valence-electron chi connectivity index (χ1n) is 10.00. The predicted octanol–water partition coefficient (Wildman–Crippen LogP) is 5.42. The molecule has 0 fully saturated rings. The lowest BCUT2D eigenvalue weighted by atomic mass is 9.94. The van der Waals surface area contributed by atoms with E-state index < -0.39 is 5.60 Å². The van der Waals surface area contributed by atoms with Crippen LogP contribution in [0, 0.1) is 6.92 Å². The standard InChI is InChI=1S/C24H27N3O2/c1-16-21(17-10-6-5-7-11-17)26-22(25-16)20-14-18-12-8-9-13-19(18)15-27(20)23(28)29-24(2,3)4/h5-13,20H,14-15H2,1-4H3,(H,25,26). The van der Waals surface area contributed by atoms with Crippen molar-refractivity contribution < 1.29 is 9.53 Å². The third-order valence-corrected chi connectivity index (χ3v) is 5.14. The Morgan fingerprint density at radius 3 is 2.41 bits per heavy atom. The number of benzene rings is 2. The number of carbonyl (C=O) groups excluding carboxylic acids is 1. The van der Waals surface area contributed by atoms with Crippen LogP contribution in [0.2, 0.25) is 0 Å². The number of H-pyrrole nitrogens is 1. The summed E-state index contributed by atoms with van der Waals surface area (Å²) in [6, 6.07) is 18.2. The maximum atomic E-state index is 13.0. The topological polar surface area (TPSA) is 58.2 Å². The Kier molecular flexibility index (Phi) is 4.91. The second kappa shape index (κ2) is 7.39. The van der Waals surface area contributed by atoms with E-state index in [0.29, 0.717) is 13.0 Å². The van der Waals surface area contributed by atoms with Gasteiger partial charge in [-0.15, -0.1) is 0 Å². The quantitative estimate of drug-likeness (QED) is 0.637. The van der Waals surface area contributed by atoms with E-state index in [1.54, 1.807) is 4.90 Å². The van der Waals surface area contributed by atoms with Gasteiger partial charge in [0.15, 0.2) is 0 Å². The van der Waals surface area contributed by atoms with Crippen LogP contribution in [-0.4, -0.2) is 26.6 Å². The van der Waals surface area contributed by atoms with Gasteiger partial charge in [0, 0.05) is 17.7 Å². The summed E-state index contributed by atoms with van der Waals surface area (Å²) in [6.45, 7) is 8.20. The first kappa shape index (κ1) is 19.2. The van der Waals surface area contributed by atoms with Gasteiger partial charge in [0.25, 0.3) is 0 Å². The van der Waals surface area contributed by atoms with E-state index in [4.69, 9.17) is 9.72 Å². The highest BCUT2D eigenvalue weighted by Crippen LogP contribution is 2.35. The highest BCUT2D eigenvalue weighted by atomic mass is 16.6. The Hall–Kier alpha value is -3.08. The number of hydrogen-bond acceptors (Lipinski definition) is 3. The van der Waals surface area contributed by atoms with E-state index in [2.05, 4.69) is 29.2 Å². The van der Waals surface area contributed by atoms with Gasteiger partial charge in [0.2, 0.25) is 0 Å². The fraction of sp³-hybridized carbons (Fsp3) is 0.333. The third kappa shape index (κ3) is 4.04. The Bertz CT molecular complexity index is 1020. The second-order valence-electron chi connectivity index (χ2n) is 8.56. The Morgan fingerprint density at radius 2 is 1.72 bits per heavy atom. The summed E-state index contributed by atoms with van der Waals surface area (Å²) >= 11 is 0. The molecule has 0 saturated heterocycles. The van der Waals surface area contributed by atoms with Gasteiger partial charge in [0.05, 0.1) is 18.3 Å². The molecule has 0 aliphatic carbocycles. The molecule has 1 aliphatic heterocycles. The Labute approximate surface area is 171 Å². The van der Waals surface area contributed by atoms with Gasteiger partial charge in [-0.1, -0.05) is 54.6 Å². The van der Waals surface area contributed by atoms with Gasteiger partial charge in [-0.3, -0.25) is 4.90 Å². The summed E-state index contributed by atoms with van der Waals surface area (Å²) in [5.41, 5.74) is 4.83. The largest absolute Gasteiger partial charge is 0.444 e. The molecule has 150 valence electrons. The number of amides is 1. The van der Waals surface area contributed by atoms with Gasteiger partial charge in [-0.2, -0.15) is 0 Å². The van der Waals surface area contributed by atoms with E-state index >= 15 is 0 Å². The normalized spacial score (nSPS) is 16.4. The summed E-state index contributed by atoms with van der Waals surface area (Å²) in [4.78, 5) is 23.2. The molecule has 0 saturated carbocycles. The van der Waals surface area contributed by atoms with Gasteiger partial charge < -0.3 is 9.72 Å². The first-order valence-corrected chi connectivity index (χ1v) is 10.00. The fourth-order valence-electron chi connectivity index (χ4n) is 3.80. The third-order valence-electron chi connectivity index (χ3n) is 5.14. The number of aromatic amines is 1. The molecule has 1 aromatic heterocycles. The molecule has 29 heavy (non-hydrogen) atoms. The van der Waals surface area contributed by atoms with Crippen molar-refractivity contribution in [2.75, 3.05) is 0 Å². The van der Waals surface area contributed by atoms with Crippen LogP contribution < -0.4 is 0 Å². The SMILES string of the molecule is Cc1[nH]c(C2Cc3ccccc3CN2C(=O)OC(C)(C)C)nc1-c1ccccc1. The molecular weight excluding hydrogens is 362 g/mol. The van der Waals surface area contributed by atoms with E-state index in [0.717, 1.165) is 28.3 Å². The van der Waals surface area contributed by atoms with Crippen LogP contribution in [0.25, 0.3) is 11.3 Å². The monoisotopic (exact) mass is 389 g/mol. The minimum Gasteiger partial charge on any atom is -0.444 e. The molecule has 1 aliphatic rings. The Balaban J connectivity index is 1.72. The summed E-state index contributed by atoms with van der Waals surface area (Å²) in [5, 5.41) is 0. The van der Waals surface area contributed by atoms with Gasteiger partial charge in [-0.25, -0.2) is 9.78 Å². The van der Waals surface area contributed by atoms with E-state index in [1.165, 1.54) is 5.56 Å². The van der Waals surface area contributed by atoms with E-state index in [1.807, 2.05) is 58.0 Å². The highest BCUT2D eigenvalue weighted by molar-refractivity contribution is 5.70. The van der Waals surface area contributed by atoms with Crippen molar-refractivity contribution in [3.8, 4) is 11.3 Å². The average molecular weight is 389 g/mol. The number of fused-ring (bicyclic) bond motifs is 1. The van der Waals surface area contributed by atoms with Crippen molar-refractivity contribution in [1.82, 2.24) is 14.9 Å². The molecule has 1 atom stereocenters. The molecule has 1 amide bonds. The number of ether oxygens (including phenoxy) is 1. The van der Waals surface area contributed by atoms with E-state index in [9.17, 15) is 4.79 Å². The van der Waals surface area contributed by atoms with Crippen LogP contribution in [0.3, 0.4) is 0 Å². The van der Waals surface area contributed by atoms with Crippen molar-refractivity contribution in [1.29, 1.82) is 0 Å². The molecule has 5 heteroatoms. The number of hydrogen-bond donors (Lipinski definition) is 1. The molecule has 4 rings (SSSR count). The van der Waals surface area contributed by atoms with Crippen molar-refractivity contribution in [3.05, 3.63) is 77.2 Å². The maximum absolute atomic E-state index is 13.0.